The van der Waals surface area contributed by atoms with Crippen LogP contribution in [-0.2, 0) is 4.74 Å². The van der Waals surface area contributed by atoms with Crippen LogP contribution in [0.5, 0.6) is 0 Å². The first-order valence-electron chi connectivity index (χ1n) is 9.31. The van der Waals surface area contributed by atoms with E-state index in [9.17, 15) is 4.79 Å². The van der Waals surface area contributed by atoms with Crippen LogP contribution < -0.4 is 16.0 Å². The molecule has 1 saturated heterocycles. The zero-order valence-corrected chi connectivity index (χ0v) is 15.3. The molecular formula is C18H35N3O2. The number of hydrogen-bond donors (Lipinski definition) is 3. The van der Waals surface area contributed by atoms with Gasteiger partial charge in [0, 0.05) is 24.7 Å². The highest BCUT2D eigenvalue weighted by Crippen LogP contribution is 2.30. The van der Waals surface area contributed by atoms with Crippen LogP contribution in [0.3, 0.4) is 0 Å². The van der Waals surface area contributed by atoms with E-state index in [1.807, 2.05) is 27.7 Å². The number of nitrogens with one attached hydrogen (secondary N) is 3. The first kappa shape index (κ1) is 18.5. The predicted octanol–water partition coefficient (Wildman–Crippen LogP) is 2.80. The van der Waals surface area contributed by atoms with Crippen LogP contribution >= 0.6 is 0 Å². The van der Waals surface area contributed by atoms with E-state index in [1.54, 1.807) is 0 Å². The minimum absolute atomic E-state index is 0.0731. The van der Waals surface area contributed by atoms with E-state index < -0.39 is 5.60 Å². The van der Waals surface area contributed by atoms with Gasteiger partial charge in [0.25, 0.3) is 0 Å². The Morgan fingerprint density at radius 2 is 1.96 bits per heavy atom. The van der Waals surface area contributed by atoms with Crippen molar-refractivity contribution in [3.63, 3.8) is 0 Å². The lowest BCUT2D eigenvalue weighted by Gasteiger charge is -2.37. The monoisotopic (exact) mass is 325 g/mol. The number of alkyl carbamates (subject to hydrolysis) is 1. The van der Waals surface area contributed by atoms with Gasteiger partial charge in [0.2, 0.25) is 0 Å². The Bertz CT molecular complexity index is 375. The standard InChI is InChI=1S/C18H35N3O2/c1-13(21-17(22)23-18(2,3)4)12-20-16-9-6-5-8-14(16)15-10-7-11-19-15/h13-16,19-20H,5-12H2,1-4H3,(H,21,22). The highest BCUT2D eigenvalue weighted by atomic mass is 16.6. The van der Waals surface area contributed by atoms with Crippen molar-refractivity contribution in [2.75, 3.05) is 13.1 Å². The van der Waals surface area contributed by atoms with Gasteiger partial charge in [-0.2, -0.15) is 0 Å². The number of rotatable bonds is 5. The number of amides is 1. The van der Waals surface area contributed by atoms with Crippen LogP contribution in [0, 0.1) is 5.92 Å². The molecule has 1 amide bonds. The second-order valence-corrected chi connectivity index (χ2v) is 8.21. The van der Waals surface area contributed by atoms with Gasteiger partial charge in [0.15, 0.2) is 0 Å². The molecular weight excluding hydrogens is 290 g/mol. The molecule has 4 atom stereocenters. The average Bonchev–Trinajstić information content (AvgIpc) is 2.97. The SMILES string of the molecule is CC(CNC1CCCCC1C1CCCN1)NC(=O)OC(C)(C)C. The van der Waals surface area contributed by atoms with Crippen molar-refractivity contribution >= 4 is 6.09 Å². The second kappa shape index (κ2) is 8.34. The summed E-state index contributed by atoms with van der Waals surface area (Å²) in [6.45, 7) is 9.66. The fraction of sp³-hybridized carbons (Fsp3) is 0.944. The molecule has 1 saturated carbocycles. The van der Waals surface area contributed by atoms with Crippen LogP contribution in [0.1, 0.15) is 66.2 Å². The van der Waals surface area contributed by atoms with Gasteiger partial charge in [-0.25, -0.2) is 4.79 Å². The molecule has 1 aliphatic heterocycles. The largest absolute Gasteiger partial charge is 0.444 e. The van der Waals surface area contributed by atoms with Crippen molar-refractivity contribution in [1.82, 2.24) is 16.0 Å². The van der Waals surface area contributed by atoms with Crippen LogP contribution in [0.4, 0.5) is 4.79 Å². The van der Waals surface area contributed by atoms with E-state index in [0.717, 1.165) is 12.5 Å². The molecule has 5 nitrogen and oxygen atoms in total. The predicted molar refractivity (Wildman–Crippen MR) is 93.6 cm³/mol. The van der Waals surface area contributed by atoms with Gasteiger partial charge < -0.3 is 20.7 Å². The average molecular weight is 325 g/mol. The van der Waals surface area contributed by atoms with Gasteiger partial charge in [-0.15, -0.1) is 0 Å². The van der Waals surface area contributed by atoms with Crippen LogP contribution in [0.25, 0.3) is 0 Å². The Morgan fingerprint density at radius 3 is 2.61 bits per heavy atom. The fourth-order valence-electron chi connectivity index (χ4n) is 3.86. The van der Waals surface area contributed by atoms with Crippen LogP contribution in [0.2, 0.25) is 0 Å². The van der Waals surface area contributed by atoms with Crippen molar-refractivity contribution in [2.24, 2.45) is 5.92 Å². The Kier molecular flexibility index (Phi) is 6.72. The first-order chi connectivity index (χ1) is 10.8. The van der Waals surface area contributed by atoms with E-state index in [1.165, 1.54) is 45.1 Å². The molecule has 3 N–H and O–H groups in total. The molecule has 5 heteroatoms. The number of ether oxygens (including phenoxy) is 1. The molecule has 2 rings (SSSR count). The first-order valence-corrected chi connectivity index (χ1v) is 9.31. The molecule has 0 bridgehead atoms. The number of carbonyl (C=O) groups is 1. The summed E-state index contributed by atoms with van der Waals surface area (Å²) >= 11 is 0. The zero-order chi connectivity index (χ0) is 16.9. The van der Waals surface area contributed by atoms with Crippen LogP contribution in [0.15, 0.2) is 0 Å². The quantitative estimate of drug-likeness (QED) is 0.727. The maximum Gasteiger partial charge on any atom is 0.407 e. The maximum atomic E-state index is 11.8. The van der Waals surface area contributed by atoms with Gasteiger partial charge >= 0.3 is 6.09 Å². The van der Waals surface area contributed by atoms with Crippen molar-refractivity contribution in [1.29, 1.82) is 0 Å². The minimum Gasteiger partial charge on any atom is -0.444 e. The second-order valence-electron chi connectivity index (χ2n) is 8.21. The van der Waals surface area contributed by atoms with Gasteiger partial charge in [0.05, 0.1) is 0 Å². The summed E-state index contributed by atoms with van der Waals surface area (Å²) in [5.74, 6) is 0.736. The van der Waals surface area contributed by atoms with Crippen molar-refractivity contribution in [3.8, 4) is 0 Å². The molecule has 1 aliphatic carbocycles. The third kappa shape index (κ3) is 6.30. The molecule has 23 heavy (non-hydrogen) atoms. The minimum atomic E-state index is -0.445. The van der Waals surface area contributed by atoms with Crippen molar-refractivity contribution in [3.05, 3.63) is 0 Å². The lowest BCUT2D eigenvalue weighted by molar-refractivity contribution is 0.0506. The normalized spacial score (nSPS) is 30.0. The summed E-state index contributed by atoms with van der Waals surface area (Å²) in [4.78, 5) is 11.8. The Hall–Kier alpha value is -0.810. The molecule has 0 radical (unpaired) electrons. The smallest absolute Gasteiger partial charge is 0.407 e. The number of hydrogen-bond acceptors (Lipinski definition) is 4. The molecule has 0 spiro atoms. The molecule has 4 unspecified atom stereocenters. The highest BCUT2D eigenvalue weighted by molar-refractivity contribution is 5.68. The molecule has 134 valence electrons. The molecule has 2 aliphatic rings. The van der Waals surface area contributed by atoms with E-state index in [4.69, 9.17) is 4.74 Å². The van der Waals surface area contributed by atoms with Gasteiger partial charge in [0.1, 0.15) is 5.60 Å². The molecule has 1 heterocycles. The van der Waals surface area contributed by atoms with E-state index in [2.05, 4.69) is 16.0 Å². The highest BCUT2D eigenvalue weighted by Gasteiger charge is 2.33. The zero-order valence-electron chi connectivity index (χ0n) is 15.3. The summed E-state index contributed by atoms with van der Waals surface area (Å²) in [7, 11) is 0. The molecule has 2 fully saturated rings. The molecule has 0 aromatic carbocycles. The summed E-state index contributed by atoms with van der Waals surface area (Å²) < 4.78 is 5.31. The van der Waals surface area contributed by atoms with E-state index in [-0.39, 0.29) is 12.1 Å². The lowest BCUT2D eigenvalue weighted by Crippen LogP contribution is -2.51. The third-order valence-corrected chi connectivity index (χ3v) is 4.88. The Balaban J connectivity index is 1.75. The van der Waals surface area contributed by atoms with Gasteiger partial charge in [-0.3, -0.25) is 0 Å². The Labute approximate surface area is 141 Å². The third-order valence-electron chi connectivity index (χ3n) is 4.88. The van der Waals surface area contributed by atoms with E-state index in [0.29, 0.717) is 12.1 Å². The maximum absolute atomic E-state index is 11.8. The topological polar surface area (TPSA) is 62.4 Å². The van der Waals surface area contributed by atoms with Crippen molar-refractivity contribution < 1.29 is 9.53 Å². The summed E-state index contributed by atoms with van der Waals surface area (Å²) in [6.07, 6.45) is 7.54. The molecule has 0 aromatic rings. The summed E-state index contributed by atoms with van der Waals surface area (Å²) in [5, 5.41) is 10.3. The number of carbonyl (C=O) groups excluding carboxylic acids is 1. The van der Waals surface area contributed by atoms with Crippen LogP contribution in [-0.4, -0.2) is 42.9 Å². The fourth-order valence-corrected chi connectivity index (χ4v) is 3.86. The van der Waals surface area contributed by atoms with Gasteiger partial charge in [-0.1, -0.05) is 12.8 Å². The van der Waals surface area contributed by atoms with Gasteiger partial charge in [-0.05, 0) is 65.8 Å². The summed E-state index contributed by atoms with van der Waals surface area (Å²) in [5.41, 5.74) is -0.445. The van der Waals surface area contributed by atoms with Crippen molar-refractivity contribution in [2.45, 2.75) is 89.9 Å². The lowest BCUT2D eigenvalue weighted by atomic mass is 9.79. The summed E-state index contributed by atoms with van der Waals surface area (Å²) in [6, 6.07) is 1.33. The Morgan fingerprint density at radius 1 is 1.22 bits per heavy atom. The molecule has 0 aromatic heterocycles. The van der Waals surface area contributed by atoms with E-state index >= 15 is 0 Å².